The van der Waals surface area contributed by atoms with Crippen LogP contribution in [0.2, 0.25) is 0 Å². The fourth-order valence-corrected chi connectivity index (χ4v) is 2.91. The Morgan fingerprint density at radius 2 is 1.90 bits per heavy atom. The maximum absolute atomic E-state index is 5.93. The zero-order chi connectivity index (χ0) is 15.5. The topological polar surface area (TPSA) is 21.3 Å². The van der Waals surface area contributed by atoms with E-state index in [1.807, 2.05) is 0 Å². The molecule has 2 heteroatoms. The molecule has 21 heavy (non-hydrogen) atoms. The van der Waals surface area contributed by atoms with E-state index in [2.05, 4.69) is 58.1 Å². The Bertz CT molecular complexity index is 471. The number of hydrogen-bond donors (Lipinski definition) is 1. The first-order valence-electron chi connectivity index (χ1n) is 8.31. The van der Waals surface area contributed by atoms with Crippen molar-refractivity contribution in [2.24, 2.45) is 0 Å². The number of rotatable bonds is 6. The van der Waals surface area contributed by atoms with Gasteiger partial charge in [-0.05, 0) is 77.6 Å². The Morgan fingerprint density at radius 1 is 1.14 bits per heavy atom. The summed E-state index contributed by atoms with van der Waals surface area (Å²) in [6, 6.07) is 6.73. The van der Waals surface area contributed by atoms with Crippen LogP contribution in [0.1, 0.15) is 65.0 Å². The molecule has 1 aromatic carbocycles. The van der Waals surface area contributed by atoms with Crippen LogP contribution in [0.4, 0.5) is 0 Å². The van der Waals surface area contributed by atoms with Crippen LogP contribution in [0.15, 0.2) is 18.2 Å². The fraction of sp³-hybridized carbons (Fsp3) is 0.684. The molecule has 0 radical (unpaired) electrons. The third-order valence-electron chi connectivity index (χ3n) is 3.92. The van der Waals surface area contributed by atoms with Gasteiger partial charge in [-0.3, -0.25) is 0 Å². The highest BCUT2D eigenvalue weighted by atomic mass is 16.5. The second-order valence-corrected chi connectivity index (χ2v) is 7.97. The molecule has 0 aliphatic carbocycles. The van der Waals surface area contributed by atoms with Crippen molar-refractivity contribution in [2.45, 2.75) is 77.9 Å². The van der Waals surface area contributed by atoms with Gasteiger partial charge < -0.3 is 10.1 Å². The van der Waals surface area contributed by atoms with Crippen LogP contribution in [0, 0.1) is 0 Å². The molecule has 118 valence electrons. The van der Waals surface area contributed by atoms with Gasteiger partial charge in [0.1, 0.15) is 11.4 Å². The molecule has 2 rings (SSSR count). The van der Waals surface area contributed by atoms with E-state index in [-0.39, 0.29) is 11.1 Å². The number of unbranched alkanes of at least 4 members (excludes halogenated alkanes) is 2. The van der Waals surface area contributed by atoms with Crippen molar-refractivity contribution >= 4 is 0 Å². The lowest BCUT2D eigenvalue weighted by molar-refractivity contribution is 0.138. The lowest BCUT2D eigenvalue weighted by atomic mass is 9.98. The van der Waals surface area contributed by atoms with E-state index in [9.17, 15) is 0 Å². The molecule has 0 saturated heterocycles. The van der Waals surface area contributed by atoms with Crippen LogP contribution < -0.4 is 10.1 Å². The minimum Gasteiger partial charge on any atom is -0.487 e. The van der Waals surface area contributed by atoms with Crippen LogP contribution in [0.3, 0.4) is 0 Å². The van der Waals surface area contributed by atoms with Crippen molar-refractivity contribution in [2.75, 3.05) is 6.54 Å². The average Bonchev–Trinajstić information content (AvgIpc) is 2.65. The van der Waals surface area contributed by atoms with E-state index in [0.29, 0.717) is 0 Å². The summed E-state index contributed by atoms with van der Waals surface area (Å²) in [7, 11) is 0. The number of benzene rings is 1. The third-order valence-corrected chi connectivity index (χ3v) is 3.92. The fourth-order valence-electron chi connectivity index (χ4n) is 2.91. The van der Waals surface area contributed by atoms with Crippen LogP contribution in [0.25, 0.3) is 0 Å². The standard InChI is InChI=1S/C19H31NO/c1-18(2,3)20-12-8-6-7-9-15-10-11-17-16(13-15)14-19(4,5)21-17/h10-11,13,20H,6-9,12,14H2,1-5H3. The molecule has 1 aromatic rings. The zero-order valence-corrected chi connectivity index (χ0v) is 14.4. The molecule has 1 heterocycles. The molecule has 0 spiro atoms. The van der Waals surface area contributed by atoms with Crippen LogP contribution in [0.5, 0.6) is 5.75 Å². The van der Waals surface area contributed by atoms with E-state index < -0.39 is 0 Å². The smallest absolute Gasteiger partial charge is 0.123 e. The normalized spacial score (nSPS) is 16.6. The highest BCUT2D eigenvalue weighted by Gasteiger charge is 2.29. The second kappa shape index (κ2) is 6.39. The molecular weight excluding hydrogens is 258 g/mol. The van der Waals surface area contributed by atoms with Gasteiger partial charge in [0.25, 0.3) is 0 Å². The Kier molecular flexibility index (Phi) is 4.98. The van der Waals surface area contributed by atoms with E-state index >= 15 is 0 Å². The van der Waals surface area contributed by atoms with Gasteiger partial charge in [0, 0.05) is 12.0 Å². The van der Waals surface area contributed by atoms with E-state index in [4.69, 9.17) is 4.74 Å². The maximum atomic E-state index is 5.93. The molecule has 2 nitrogen and oxygen atoms in total. The monoisotopic (exact) mass is 289 g/mol. The summed E-state index contributed by atoms with van der Waals surface area (Å²) in [5.74, 6) is 1.08. The van der Waals surface area contributed by atoms with Gasteiger partial charge in [-0.25, -0.2) is 0 Å². The Hall–Kier alpha value is -1.02. The molecular formula is C19H31NO. The number of nitrogens with one attached hydrogen (secondary N) is 1. The van der Waals surface area contributed by atoms with Crippen molar-refractivity contribution < 1.29 is 4.74 Å². The van der Waals surface area contributed by atoms with Crippen LogP contribution in [-0.4, -0.2) is 17.7 Å². The highest BCUT2D eigenvalue weighted by Crippen LogP contribution is 2.35. The Morgan fingerprint density at radius 3 is 2.62 bits per heavy atom. The summed E-state index contributed by atoms with van der Waals surface area (Å²) < 4.78 is 5.93. The van der Waals surface area contributed by atoms with Gasteiger partial charge in [0.05, 0.1) is 0 Å². The predicted molar refractivity (Wildman–Crippen MR) is 90.2 cm³/mol. The van der Waals surface area contributed by atoms with Gasteiger partial charge in [-0.2, -0.15) is 0 Å². The first kappa shape index (κ1) is 16.4. The van der Waals surface area contributed by atoms with Gasteiger partial charge in [0.15, 0.2) is 0 Å². The SMILES string of the molecule is CC(C)(C)NCCCCCc1ccc2c(c1)CC(C)(C)O2. The molecule has 0 bridgehead atoms. The largest absolute Gasteiger partial charge is 0.487 e. The lowest BCUT2D eigenvalue weighted by Gasteiger charge is -2.20. The lowest BCUT2D eigenvalue weighted by Crippen LogP contribution is -2.36. The van der Waals surface area contributed by atoms with Crippen molar-refractivity contribution in [3.8, 4) is 5.75 Å². The molecule has 0 saturated carbocycles. The number of hydrogen-bond acceptors (Lipinski definition) is 2. The van der Waals surface area contributed by atoms with Crippen LogP contribution in [-0.2, 0) is 12.8 Å². The van der Waals surface area contributed by atoms with Crippen molar-refractivity contribution in [1.82, 2.24) is 5.32 Å². The van der Waals surface area contributed by atoms with E-state index in [1.165, 1.54) is 36.8 Å². The molecule has 1 aliphatic heterocycles. The highest BCUT2D eigenvalue weighted by molar-refractivity contribution is 5.41. The molecule has 0 amide bonds. The number of ether oxygens (including phenoxy) is 1. The summed E-state index contributed by atoms with van der Waals surface area (Å²) >= 11 is 0. The summed E-state index contributed by atoms with van der Waals surface area (Å²) in [5.41, 5.74) is 3.05. The van der Waals surface area contributed by atoms with Gasteiger partial charge in [0.2, 0.25) is 0 Å². The molecule has 1 N–H and O–H groups in total. The minimum atomic E-state index is -0.0282. The van der Waals surface area contributed by atoms with Gasteiger partial charge >= 0.3 is 0 Å². The van der Waals surface area contributed by atoms with E-state index in [1.54, 1.807) is 0 Å². The maximum Gasteiger partial charge on any atom is 0.123 e. The molecule has 0 aromatic heterocycles. The summed E-state index contributed by atoms with van der Waals surface area (Å²) in [6.07, 6.45) is 6.05. The quantitative estimate of drug-likeness (QED) is 0.778. The zero-order valence-electron chi connectivity index (χ0n) is 14.4. The predicted octanol–water partition coefficient (Wildman–Crippen LogP) is 4.50. The minimum absolute atomic E-state index is 0.0282. The summed E-state index contributed by atoms with van der Waals surface area (Å²) in [6.45, 7) is 12.1. The van der Waals surface area contributed by atoms with Gasteiger partial charge in [-0.1, -0.05) is 18.6 Å². The van der Waals surface area contributed by atoms with Crippen molar-refractivity contribution in [3.05, 3.63) is 29.3 Å². The second-order valence-electron chi connectivity index (χ2n) is 7.97. The Balaban J connectivity index is 1.71. The number of fused-ring (bicyclic) bond motifs is 1. The number of aryl methyl sites for hydroxylation is 1. The van der Waals surface area contributed by atoms with E-state index in [0.717, 1.165) is 18.7 Å². The molecule has 0 unspecified atom stereocenters. The van der Waals surface area contributed by atoms with Crippen molar-refractivity contribution in [3.63, 3.8) is 0 Å². The Labute approximate surface area is 130 Å². The average molecular weight is 289 g/mol. The van der Waals surface area contributed by atoms with Crippen LogP contribution >= 0.6 is 0 Å². The van der Waals surface area contributed by atoms with Crippen molar-refractivity contribution in [1.29, 1.82) is 0 Å². The first-order valence-corrected chi connectivity index (χ1v) is 8.31. The first-order chi connectivity index (χ1) is 9.75. The molecule has 0 atom stereocenters. The summed E-state index contributed by atoms with van der Waals surface area (Å²) in [5, 5.41) is 3.55. The van der Waals surface area contributed by atoms with Gasteiger partial charge in [-0.15, -0.1) is 0 Å². The molecule has 1 aliphatic rings. The summed E-state index contributed by atoms with van der Waals surface area (Å²) in [4.78, 5) is 0. The molecule has 0 fully saturated rings. The third kappa shape index (κ3) is 5.35.